The van der Waals surface area contributed by atoms with Crippen LogP contribution in [0.15, 0.2) is 57.9 Å². The first kappa shape index (κ1) is 18.7. The molecule has 0 aromatic heterocycles. The molecule has 122 valence electrons. The van der Waals surface area contributed by atoms with Crippen molar-refractivity contribution in [3.05, 3.63) is 56.6 Å². The summed E-state index contributed by atoms with van der Waals surface area (Å²) in [6.45, 7) is 1.47. The summed E-state index contributed by atoms with van der Waals surface area (Å²) in [5.74, 6) is 0. The summed E-state index contributed by atoms with van der Waals surface area (Å²) in [5.41, 5.74) is 0.414. The first-order valence-corrected chi connectivity index (χ1v) is 10.2. The number of anilines is 1. The van der Waals surface area contributed by atoms with Crippen molar-refractivity contribution < 1.29 is 13.2 Å². The summed E-state index contributed by atoms with van der Waals surface area (Å²) < 4.78 is 28.6. The Labute approximate surface area is 162 Å². The maximum absolute atomic E-state index is 13.0. The molecule has 0 saturated heterocycles. The molecule has 2 rings (SSSR count). The number of carbonyl (C=O) groups is 1. The summed E-state index contributed by atoms with van der Waals surface area (Å²) >= 11 is 10.9. The molecule has 1 unspecified atom stereocenters. The molecule has 8 heteroatoms. The van der Waals surface area contributed by atoms with Gasteiger partial charge >= 0.3 is 0 Å². The Bertz CT molecular complexity index is 827. The fraction of sp³-hybridized carbons (Fsp3) is 0.133. The third kappa shape index (κ3) is 4.07. The van der Waals surface area contributed by atoms with E-state index in [0.717, 1.165) is 8.78 Å². The van der Waals surface area contributed by atoms with Crippen molar-refractivity contribution >= 4 is 71.1 Å². The quantitative estimate of drug-likeness (QED) is 0.427. The van der Waals surface area contributed by atoms with Gasteiger partial charge in [0.25, 0.3) is 10.0 Å². The van der Waals surface area contributed by atoms with E-state index < -0.39 is 21.3 Å². The van der Waals surface area contributed by atoms with Crippen LogP contribution in [0.25, 0.3) is 0 Å². The lowest BCUT2D eigenvalue weighted by Gasteiger charge is -2.29. The Balaban J connectivity index is 2.64. The fourth-order valence-corrected chi connectivity index (χ4v) is 4.86. The number of rotatable bonds is 5. The molecule has 0 spiro atoms. The molecule has 0 saturated carbocycles. The molecule has 0 heterocycles. The number of hydrogen-bond acceptors (Lipinski definition) is 3. The summed E-state index contributed by atoms with van der Waals surface area (Å²) in [6.07, 6.45) is 0. The van der Waals surface area contributed by atoms with Gasteiger partial charge in [-0.25, -0.2) is 8.42 Å². The fourth-order valence-electron chi connectivity index (χ4n) is 1.99. The normalized spacial score (nSPS) is 12.7. The van der Waals surface area contributed by atoms with Crippen molar-refractivity contribution in [1.82, 2.24) is 0 Å². The summed E-state index contributed by atoms with van der Waals surface area (Å²) in [4.78, 5) is 11.7. The molecule has 0 radical (unpaired) electrons. The lowest BCUT2D eigenvalue weighted by Crippen LogP contribution is -2.42. The van der Waals surface area contributed by atoms with Crippen LogP contribution < -0.4 is 4.31 Å². The van der Waals surface area contributed by atoms with Crippen LogP contribution in [0.5, 0.6) is 0 Å². The van der Waals surface area contributed by atoms with Crippen LogP contribution in [-0.2, 0) is 14.8 Å². The van der Waals surface area contributed by atoms with Crippen LogP contribution in [0.1, 0.15) is 6.92 Å². The molecule has 0 aliphatic rings. The molecule has 23 heavy (non-hydrogen) atoms. The third-order valence-corrected chi connectivity index (χ3v) is 6.80. The third-order valence-electron chi connectivity index (χ3n) is 3.14. The molecule has 2 aromatic rings. The summed E-state index contributed by atoms with van der Waals surface area (Å²) in [7, 11) is -3.94. The topological polar surface area (TPSA) is 54.5 Å². The Kier molecular flexibility index (Phi) is 6.10. The highest BCUT2D eigenvalue weighted by molar-refractivity contribution is 14.1. The Morgan fingerprint density at radius 3 is 2.26 bits per heavy atom. The predicted molar refractivity (Wildman–Crippen MR) is 103 cm³/mol. The lowest BCUT2D eigenvalue weighted by molar-refractivity contribution is -0.112. The maximum Gasteiger partial charge on any atom is 0.265 e. The Morgan fingerprint density at radius 2 is 1.74 bits per heavy atom. The maximum atomic E-state index is 13.0. The van der Waals surface area contributed by atoms with E-state index in [1.165, 1.54) is 19.1 Å². The average molecular weight is 529 g/mol. The zero-order valence-electron chi connectivity index (χ0n) is 11.9. The molecule has 1 atom stereocenters. The van der Waals surface area contributed by atoms with E-state index >= 15 is 0 Å². The van der Waals surface area contributed by atoms with Crippen molar-refractivity contribution in [3.63, 3.8) is 0 Å². The first-order valence-electron chi connectivity index (χ1n) is 6.49. The van der Waals surface area contributed by atoms with Crippen molar-refractivity contribution in [3.8, 4) is 0 Å². The molecule has 0 amide bonds. The molecular formula is C15H12BrClINO3S. The van der Waals surface area contributed by atoms with Gasteiger partial charge in [-0.15, -0.1) is 0 Å². The van der Waals surface area contributed by atoms with Crippen LogP contribution >= 0.6 is 50.1 Å². The Hall–Kier alpha value is -0.640. The van der Waals surface area contributed by atoms with E-state index in [9.17, 15) is 13.2 Å². The van der Waals surface area contributed by atoms with Crippen LogP contribution in [0.2, 0.25) is 0 Å². The number of para-hydroxylation sites is 1. The lowest BCUT2D eigenvalue weighted by atomic mass is 10.3. The minimum Gasteiger partial charge on any atom is -0.279 e. The molecule has 0 fully saturated rings. The van der Waals surface area contributed by atoms with Gasteiger partial charge in [-0.2, -0.15) is 0 Å². The largest absolute Gasteiger partial charge is 0.279 e. The first-order chi connectivity index (χ1) is 10.7. The van der Waals surface area contributed by atoms with E-state index in [4.69, 9.17) is 11.6 Å². The van der Waals surface area contributed by atoms with Gasteiger partial charge in [0.2, 0.25) is 5.24 Å². The molecule has 4 nitrogen and oxygen atoms in total. The van der Waals surface area contributed by atoms with Crippen LogP contribution in [0.4, 0.5) is 5.69 Å². The van der Waals surface area contributed by atoms with Crippen LogP contribution in [0, 0.1) is 3.57 Å². The van der Waals surface area contributed by atoms with Crippen molar-refractivity contribution in [2.24, 2.45) is 0 Å². The molecule has 0 bridgehead atoms. The molecule has 0 N–H and O–H groups in total. The van der Waals surface area contributed by atoms with Gasteiger partial charge in [0.1, 0.15) is 6.04 Å². The Morgan fingerprint density at radius 1 is 1.17 bits per heavy atom. The van der Waals surface area contributed by atoms with Crippen molar-refractivity contribution in [1.29, 1.82) is 0 Å². The van der Waals surface area contributed by atoms with Crippen LogP contribution in [-0.4, -0.2) is 19.7 Å². The molecule has 2 aromatic carbocycles. The number of sulfonamides is 1. The number of hydrogen-bond donors (Lipinski definition) is 0. The van der Waals surface area contributed by atoms with E-state index in [1.54, 1.807) is 36.4 Å². The zero-order chi connectivity index (χ0) is 17.2. The average Bonchev–Trinajstić information content (AvgIpc) is 2.49. The van der Waals surface area contributed by atoms with Gasteiger partial charge in [-0.05, 0) is 77.5 Å². The SMILES string of the molecule is CC(C(=O)Cl)N(c1ccccc1I)S(=O)(=O)c1ccc(Br)cc1. The minimum absolute atomic E-state index is 0.0881. The van der Waals surface area contributed by atoms with E-state index in [0.29, 0.717) is 9.26 Å². The number of halogens is 3. The standard InChI is InChI=1S/C15H12BrClINO3S/c1-10(15(17)20)19(14-5-3-2-4-13(14)18)23(21,22)12-8-6-11(16)7-9-12/h2-10H,1H3. The molecular weight excluding hydrogens is 516 g/mol. The minimum atomic E-state index is -3.94. The van der Waals surface area contributed by atoms with Gasteiger partial charge < -0.3 is 0 Å². The molecule has 0 aliphatic heterocycles. The highest BCUT2D eigenvalue weighted by Crippen LogP contribution is 2.31. The van der Waals surface area contributed by atoms with E-state index in [1.807, 2.05) is 22.6 Å². The second-order valence-corrected chi connectivity index (χ2v) is 8.95. The molecule has 0 aliphatic carbocycles. The monoisotopic (exact) mass is 527 g/mol. The van der Waals surface area contributed by atoms with Gasteiger partial charge in [0.15, 0.2) is 0 Å². The number of carbonyl (C=O) groups excluding carboxylic acids is 1. The smallest absolute Gasteiger partial charge is 0.265 e. The predicted octanol–water partition coefficient (Wildman–Crippen LogP) is 4.40. The van der Waals surface area contributed by atoms with Gasteiger partial charge in [0.05, 0.1) is 10.6 Å². The van der Waals surface area contributed by atoms with Crippen LogP contribution in [0.3, 0.4) is 0 Å². The summed E-state index contributed by atoms with van der Waals surface area (Å²) in [5, 5.41) is -0.745. The highest BCUT2D eigenvalue weighted by Gasteiger charge is 2.33. The van der Waals surface area contributed by atoms with Crippen molar-refractivity contribution in [2.75, 3.05) is 4.31 Å². The van der Waals surface area contributed by atoms with E-state index in [-0.39, 0.29) is 4.90 Å². The highest BCUT2D eigenvalue weighted by atomic mass is 127. The zero-order valence-corrected chi connectivity index (χ0v) is 17.2. The van der Waals surface area contributed by atoms with E-state index in [2.05, 4.69) is 15.9 Å². The second kappa shape index (κ2) is 7.50. The second-order valence-electron chi connectivity index (χ2n) is 4.69. The number of nitrogens with zero attached hydrogens (tertiary/aromatic N) is 1. The van der Waals surface area contributed by atoms with Crippen molar-refractivity contribution in [2.45, 2.75) is 17.9 Å². The summed E-state index contributed by atoms with van der Waals surface area (Å²) in [6, 6.07) is 12.1. The van der Waals surface area contributed by atoms with Gasteiger partial charge in [-0.3, -0.25) is 9.10 Å². The number of benzene rings is 2. The van der Waals surface area contributed by atoms with Gasteiger partial charge in [-0.1, -0.05) is 28.1 Å². The van der Waals surface area contributed by atoms with Gasteiger partial charge in [0, 0.05) is 8.04 Å².